The highest BCUT2D eigenvalue weighted by Gasteiger charge is 2.22. The van der Waals surface area contributed by atoms with E-state index in [4.69, 9.17) is 4.52 Å². The summed E-state index contributed by atoms with van der Waals surface area (Å²) >= 11 is 1.24. The summed E-state index contributed by atoms with van der Waals surface area (Å²) in [5.74, 6) is 0.405. The third-order valence-electron chi connectivity index (χ3n) is 5.21. The van der Waals surface area contributed by atoms with Crippen molar-refractivity contribution in [3.05, 3.63) is 76.2 Å². The van der Waals surface area contributed by atoms with Crippen LogP contribution in [-0.4, -0.2) is 35.5 Å². The van der Waals surface area contributed by atoms with Crippen molar-refractivity contribution in [2.75, 3.05) is 5.32 Å². The molecule has 0 spiro atoms. The molecule has 0 bridgehead atoms. The van der Waals surface area contributed by atoms with Gasteiger partial charge in [-0.25, -0.2) is 4.57 Å². The predicted octanol–water partition coefficient (Wildman–Crippen LogP) is 3.76. The van der Waals surface area contributed by atoms with Crippen molar-refractivity contribution in [1.82, 2.24) is 24.3 Å². The summed E-state index contributed by atoms with van der Waals surface area (Å²) in [5, 5.41) is 15.6. The maximum absolute atomic E-state index is 13.4. The number of carbonyl (C=O) groups is 1. The molecule has 0 radical (unpaired) electrons. The van der Waals surface area contributed by atoms with Crippen LogP contribution in [0.2, 0.25) is 0 Å². The van der Waals surface area contributed by atoms with Crippen molar-refractivity contribution in [2.24, 2.45) is 0 Å². The highest BCUT2D eigenvalue weighted by Crippen LogP contribution is 2.27. The van der Waals surface area contributed by atoms with Gasteiger partial charge in [0.05, 0.1) is 27.5 Å². The Labute approximate surface area is 192 Å². The van der Waals surface area contributed by atoms with Gasteiger partial charge in [-0.05, 0) is 45.0 Å². The van der Waals surface area contributed by atoms with Crippen LogP contribution in [0.3, 0.4) is 0 Å². The summed E-state index contributed by atoms with van der Waals surface area (Å²) < 4.78 is 8.42. The number of hydrogen-bond donors (Lipinski definition) is 1. The molecule has 166 valence electrons. The summed E-state index contributed by atoms with van der Waals surface area (Å²) in [6.07, 6.45) is 0. The van der Waals surface area contributed by atoms with E-state index in [9.17, 15) is 9.59 Å². The fourth-order valence-electron chi connectivity index (χ4n) is 3.54. The highest BCUT2D eigenvalue weighted by atomic mass is 32.2. The molecule has 0 aliphatic carbocycles. The fraction of sp³-hybridized carbons (Fsp3) is 0.174. The number of rotatable bonds is 5. The first-order chi connectivity index (χ1) is 15.9. The Kier molecular flexibility index (Phi) is 5.21. The molecule has 9 nitrogen and oxygen atoms in total. The Morgan fingerprint density at radius 1 is 1.09 bits per heavy atom. The maximum atomic E-state index is 13.4. The lowest BCUT2D eigenvalue weighted by molar-refractivity contribution is -0.115. The molecule has 3 aromatic heterocycles. The lowest BCUT2D eigenvalue weighted by atomic mass is 10.2. The van der Waals surface area contributed by atoms with Gasteiger partial charge >= 0.3 is 0 Å². The van der Waals surface area contributed by atoms with E-state index in [-0.39, 0.29) is 17.4 Å². The van der Waals surface area contributed by atoms with E-state index in [1.165, 1.54) is 11.8 Å². The Hall–Kier alpha value is -3.92. The number of benzene rings is 2. The smallest absolute Gasteiger partial charge is 0.267 e. The molecule has 5 rings (SSSR count). The number of para-hydroxylation sites is 1. The average Bonchev–Trinajstić information content (AvgIpc) is 3.41. The highest BCUT2D eigenvalue weighted by molar-refractivity contribution is 8.00. The molecule has 0 saturated heterocycles. The molecule has 2 aromatic carbocycles. The van der Waals surface area contributed by atoms with Crippen molar-refractivity contribution >= 4 is 40.2 Å². The van der Waals surface area contributed by atoms with Gasteiger partial charge in [0.25, 0.3) is 5.56 Å². The van der Waals surface area contributed by atoms with Gasteiger partial charge in [-0.15, -0.1) is 10.2 Å². The zero-order valence-corrected chi connectivity index (χ0v) is 19.0. The summed E-state index contributed by atoms with van der Waals surface area (Å²) in [6, 6.07) is 16.6. The second-order valence-electron chi connectivity index (χ2n) is 7.69. The minimum atomic E-state index is -0.513. The first kappa shape index (κ1) is 21.0. The normalized spacial score (nSPS) is 12.3. The second kappa shape index (κ2) is 8.21. The second-order valence-corrected chi connectivity index (χ2v) is 9.00. The van der Waals surface area contributed by atoms with Crippen LogP contribution < -0.4 is 10.9 Å². The van der Waals surface area contributed by atoms with E-state index in [1.807, 2.05) is 53.8 Å². The Balaban J connectivity index is 1.60. The number of fused-ring (bicyclic) bond motifs is 3. The van der Waals surface area contributed by atoms with Gasteiger partial charge in [0.2, 0.25) is 17.6 Å². The number of carbonyl (C=O) groups excluding carboxylic acids is 1. The summed E-state index contributed by atoms with van der Waals surface area (Å²) in [5.41, 5.74) is 2.94. The first-order valence-electron chi connectivity index (χ1n) is 10.3. The Morgan fingerprint density at radius 3 is 2.58 bits per heavy atom. The number of thioether (sulfide) groups is 1. The van der Waals surface area contributed by atoms with Gasteiger partial charge < -0.3 is 4.52 Å². The van der Waals surface area contributed by atoms with Crippen molar-refractivity contribution in [3.8, 4) is 5.69 Å². The molecule has 1 N–H and O–H groups in total. The largest absolute Gasteiger partial charge is 0.338 e. The van der Waals surface area contributed by atoms with Crippen LogP contribution >= 0.6 is 11.8 Å². The Morgan fingerprint density at radius 2 is 1.85 bits per heavy atom. The first-order valence-corrected chi connectivity index (χ1v) is 11.2. The summed E-state index contributed by atoms with van der Waals surface area (Å²) in [7, 11) is 0. The molecule has 0 aliphatic heterocycles. The van der Waals surface area contributed by atoms with E-state index in [0.29, 0.717) is 33.2 Å². The van der Waals surface area contributed by atoms with Crippen LogP contribution in [-0.2, 0) is 4.79 Å². The quantitative estimate of drug-likeness (QED) is 0.398. The lowest BCUT2D eigenvalue weighted by Crippen LogP contribution is -2.23. The third kappa shape index (κ3) is 3.78. The van der Waals surface area contributed by atoms with E-state index >= 15 is 0 Å². The molecule has 5 aromatic rings. The zero-order valence-electron chi connectivity index (χ0n) is 18.1. The minimum absolute atomic E-state index is 0.183. The fourth-order valence-corrected chi connectivity index (χ4v) is 4.39. The van der Waals surface area contributed by atoms with E-state index in [2.05, 4.69) is 20.7 Å². The monoisotopic (exact) mass is 460 g/mol. The van der Waals surface area contributed by atoms with Crippen LogP contribution in [0.15, 0.2) is 69.1 Å². The summed E-state index contributed by atoms with van der Waals surface area (Å²) in [4.78, 5) is 26.1. The number of aryl methyl sites for hydroxylation is 2. The van der Waals surface area contributed by atoms with Gasteiger partial charge in [0.15, 0.2) is 5.16 Å². The van der Waals surface area contributed by atoms with Crippen LogP contribution in [0.1, 0.15) is 18.2 Å². The van der Waals surface area contributed by atoms with Crippen molar-refractivity contribution in [3.63, 3.8) is 0 Å². The van der Waals surface area contributed by atoms with Crippen LogP contribution in [0.4, 0.5) is 5.88 Å². The van der Waals surface area contributed by atoms with Gasteiger partial charge in [-0.2, -0.15) is 0 Å². The summed E-state index contributed by atoms with van der Waals surface area (Å²) in [6.45, 7) is 5.53. The minimum Gasteiger partial charge on any atom is -0.338 e. The van der Waals surface area contributed by atoms with Crippen molar-refractivity contribution < 1.29 is 9.32 Å². The maximum Gasteiger partial charge on any atom is 0.267 e. The number of hydrogen-bond acceptors (Lipinski definition) is 7. The van der Waals surface area contributed by atoms with Gasteiger partial charge in [-0.3, -0.25) is 19.3 Å². The van der Waals surface area contributed by atoms with Crippen LogP contribution in [0.5, 0.6) is 0 Å². The van der Waals surface area contributed by atoms with Gasteiger partial charge in [-0.1, -0.05) is 46.7 Å². The van der Waals surface area contributed by atoms with Crippen molar-refractivity contribution in [1.29, 1.82) is 0 Å². The zero-order chi connectivity index (χ0) is 23.1. The number of anilines is 1. The number of nitrogens with zero attached hydrogens (tertiary/aromatic N) is 5. The molecular formula is C23H20N6O3S. The van der Waals surface area contributed by atoms with Crippen molar-refractivity contribution in [2.45, 2.75) is 31.2 Å². The van der Waals surface area contributed by atoms with Gasteiger partial charge in [0.1, 0.15) is 0 Å². The third-order valence-corrected chi connectivity index (χ3v) is 6.26. The van der Waals surface area contributed by atoms with E-state index in [0.717, 1.165) is 5.56 Å². The predicted molar refractivity (Wildman–Crippen MR) is 126 cm³/mol. The lowest BCUT2D eigenvalue weighted by Gasteiger charge is -2.13. The number of aromatic nitrogens is 5. The molecule has 0 saturated carbocycles. The van der Waals surface area contributed by atoms with Crippen LogP contribution in [0.25, 0.3) is 22.4 Å². The molecule has 0 aliphatic rings. The topological polar surface area (TPSA) is 107 Å². The SMILES string of the molecule is Cc1ccc(-n2c(=O)c3ccccc3n3c(SC(C)C(=O)Nc4cc(C)no4)nnc23)cc1. The molecular weight excluding hydrogens is 440 g/mol. The Bertz CT molecular complexity index is 1550. The van der Waals surface area contributed by atoms with Crippen LogP contribution in [0, 0.1) is 13.8 Å². The molecule has 1 unspecified atom stereocenters. The molecule has 10 heteroatoms. The molecule has 3 heterocycles. The number of amides is 1. The standard InChI is InChI=1S/C23H20N6O3S/c1-13-8-10-16(11-9-13)28-21(31)17-6-4-5-7-18(17)29-22(28)25-26-23(29)33-15(3)20(30)24-19-12-14(2)27-32-19/h4-12,15H,1-3H3,(H,24,30). The molecule has 0 fully saturated rings. The van der Waals surface area contributed by atoms with Gasteiger partial charge in [0, 0.05) is 6.07 Å². The van der Waals surface area contributed by atoms with E-state index < -0.39 is 5.25 Å². The van der Waals surface area contributed by atoms with E-state index in [1.54, 1.807) is 30.5 Å². The number of nitrogens with one attached hydrogen (secondary N) is 1. The molecule has 33 heavy (non-hydrogen) atoms. The molecule has 1 atom stereocenters. The average molecular weight is 461 g/mol. The molecule has 1 amide bonds.